The van der Waals surface area contributed by atoms with Gasteiger partial charge in [-0.1, -0.05) is 76.1 Å². The van der Waals surface area contributed by atoms with E-state index in [0.29, 0.717) is 6.04 Å². The van der Waals surface area contributed by atoms with Crippen LogP contribution in [0.1, 0.15) is 77.0 Å². The highest BCUT2D eigenvalue weighted by Gasteiger charge is 2.45. The van der Waals surface area contributed by atoms with Crippen molar-refractivity contribution in [1.82, 2.24) is 0 Å². The number of benzene rings is 3. The molecular formula is C30H35N. The van der Waals surface area contributed by atoms with Crippen LogP contribution in [-0.2, 0) is 10.8 Å². The van der Waals surface area contributed by atoms with Crippen LogP contribution in [0.3, 0.4) is 0 Å². The molecule has 0 unspecified atom stereocenters. The number of nitrogens with zero attached hydrogens (tertiary/aromatic N) is 1. The van der Waals surface area contributed by atoms with Gasteiger partial charge in [0.25, 0.3) is 0 Å². The zero-order chi connectivity index (χ0) is 21.8. The summed E-state index contributed by atoms with van der Waals surface area (Å²) in [5.41, 5.74) is 10.4. The molecule has 3 aromatic carbocycles. The zero-order valence-electron chi connectivity index (χ0n) is 19.7. The molecule has 2 aliphatic rings. The van der Waals surface area contributed by atoms with Gasteiger partial charge in [0, 0.05) is 22.8 Å². The lowest BCUT2D eigenvalue weighted by Crippen LogP contribution is -2.26. The number of hydrogen-bond acceptors (Lipinski definition) is 1. The molecule has 5 rings (SSSR count). The summed E-state index contributed by atoms with van der Waals surface area (Å²) in [6.45, 7) is 11.4. The Balaban J connectivity index is 1.61. The minimum Gasteiger partial charge on any atom is -0.339 e. The van der Waals surface area contributed by atoms with Gasteiger partial charge in [0.2, 0.25) is 0 Å². The molecule has 31 heavy (non-hydrogen) atoms. The summed E-state index contributed by atoms with van der Waals surface area (Å²) in [7, 11) is 0. The minimum absolute atomic E-state index is 0.176. The summed E-state index contributed by atoms with van der Waals surface area (Å²) < 4.78 is 0. The predicted molar refractivity (Wildman–Crippen MR) is 134 cm³/mol. The molecule has 2 aliphatic carbocycles. The molecule has 0 bridgehead atoms. The lowest BCUT2D eigenvalue weighted by molar-refractivity contribution is 0.550. The Morgan fingerprint density at radius 3 is 2.00 bits per heavy atom. The molecule has 1 spiro atoms. The van der Waals surface area contributed by atoms with Gasteiger partial charge in [-0.15, -0.1) is 0 Å². The summed E-state index contributed by atoms with van der Waals surface area (Å²) >= 11 is 0. The van der Waals surface area contributed by atoms with Crippen molar-refractivity contribution < 1.29 is 0 Å². The molecule has 1 heteroatoms. The molecule has 0 saturated heterocycles. The van der Waals surface area contributed by atoms with Crippen LogP contribution < -0.4 is 4.90 Å². The summed E-state index contributed by atoms with van der Waals surface area (Å²) in [6, 6.07) is 25.9. The molecular weight excluding hydrogens is 374 g/mol. The monoisotopic (exact) mass is 409 g/mol. The van der Waals surface area contributed by atoms with Crippen molar-refractivity contribution in [2.75, 3.05) is 4.90 Å². The SMILES string of the molecule is CC(C)N(c1ccc(C(C)(C)C)cc1)c1ccc2c(c1)C1(CCCC1)c1ccccc1-2. The molecule has 1 nitrogen and oxygen atoms in total. The van der Waals surface area contributed by atoms with Crippen molar-refractivity contribution >= 4 is 11.4 Å². The number of anilines is 2. The minimum atomic E-state index is 0.176. The van der Waals surface area contributed by atoms with Crippen LogP contribution in [0.4, 0.5) is 11.4 Å². The van der Waals surface area contributed by atoms with E-state index in [-0.39, 0.29) is 10.8 Å². The lowest BCUT2D eigenvalue weighted by atomic mass is 9.76. The molecule has 0 aromatic heterocycles. The Kier molecular flexibility index (Phi) is 4.77. The summed E-state index contributed by atoms with van der Waals surface area (Å²) in [4.78, 5) is 2.50. The van der Waals surface area contributed by atoms with Gasteiger partial charge in [0.15, 0.2) is 0 Å². The smallest absolute Gasteiger partial charge is 0.0416 e. The summed E-state index contributed by atoms with van der Waals surface area (Å²) in [5.74, 6) is 0. The molecule has 0 radical (unpaired) electrons. The fourth-order valence-corrected chi connectivity index (χ4v) is 5.98. The van der Waals surface area contributed by atoms with Crippen molar-refractivity contribution in [2.45, 2.75) is 77.2 Å². The van der Waals surface area contributed by atoms with Crippen molar-refractivity contribution in [3.8, 4) is 11.1 Å². The Morgan fingerprint density at radius 1 is 0.742 bits per heavy atom. The van der Waals surface area contributed by atoms with Gasteiger partial charge in [0.05, 0.1) is 0 Å². The second-order valence-electron chi connectivity index (χ2n) is 10.8. The molecule has 1 fully saturated rings. The van der Waals surface area contributed by atoms with E-state index in [1.165, 1.54) is 53.7 Å². The van der Waals surface area contributed by atoms with Crippen molar-refractivity contribution in [1.29, 1.82) is 0 Å². The standard InChI is InChI=1S/C30H35N/c1-21(2)31(23-14-12-22(13-15-23)29(3,4)5)24-16-17-26-25-10-6-7-11-27(25)30(28(26)20-24)18-8-9-19-30/h6-7,10-17,20-21H,8-9,18-19H2,1-5H3. The quantitative estimate of drug-likeness (QED) is 0.420. The first-order valence-electron chi connectivity index (χ1n) is 12.0. The number of rotatable bonds is 3. The first-order valence-corrected chi connectivity index (χ1v) is 12.0. The second-order valence-corrected chi connectivity index (χ2v) is 10.8. The molecule has 0 amide bonds. The topological polar surface area (TPSA) is 3.24 Å². The molecule has 0 aliphatic heterocycles. The van der Waals surface area contributed by atoms with E-state index >= 15 is 0 Å². The maximum absolute atomic E-state index is 2.51. The van der Waals surface area contributed by atoms with E-state index in [0.717, 1.165) is 0 Å². The first kappa shape index (κ1) is 20.4. The van der Waals surface area contributed by atoms with E-state index in [4.69, 9.17) is 0 Å². The number of fused-ring (bicyclic) bond motifs is 5. The van der Waals surface area contributed by atoms with Gasteiger partial charge < -0.3 is 4.90 Å². The summed E-state index contributed by atoms with van der Waals surface area (Å²) in [6.07, 6.45) is 5.23. The van der Waals surface area contributed by atoms with Crippen LogP contribution in [-0.4, -0.2) is 6.04 Å². The van der Waals surface area contributed by atoms with Gasteiger partial charge in [-0.25, -0.2) is 0 Å². The van der Waals surface area contributed by atoms with Gasteiger partial charge in [0.1, 0.15) is 0 Å². The van der Waals surface area contributed by atoms with E-state index in [2.05, 4.69) is 106 Å². The van der Waals surface area contributed by atoms with Gasteiger partial charge >= 0.3 is 0 Å². The third kappa shape index (κ3) is 3.21. The Labute approximate surface area is 188 Å². The van der Waals surface area contributed by atoms with Crippen LogP contribution in [0.15, 0.2) is 66.7 Å². The van der Waals surface area contributed by atoms with Crippen molar-refractivity contribution in [3.63, 3.8) is 0 Å². The fourth-order valence-electron chi connectivity index (χ4n) is 5.98. The third-order valence-electron chi connectivity index (χ3n) is 7.51. The van der Waals surface area contributed by atoms with E-state index < -0.39 is 0 Å². The molecule has 160 valence electrons. The van der Waals surface area contributed by atoms with Crippen LogP contribution in [0, 0.1) is 0 Å². The zero-order valence-corrected chi connectivity index (χ0v) is 19.7. The van der Waals surface area contributed by atoms with Gasteiger partial charge in [-0.05, 0) is 84.2 Å². The van der Waals surface area contributed by atoms with Crippen molar-refractivity contribution in [3.05, 3.63) is 83.4 Å². The highest BCUT2D eigenvalue weighted by Crippen LogP contribution is 2.57. The second kappa shape index (κ2) is 7.26. The van der Waals surface area contributed by atoms with Crippen LogP contribution >= 0.6 is 0 Å². The maximum Gasteiger partial charge on any atom is 0.0416 e. The van der Waals surface area contributed by atoms with Crippen LogP contribution in [0.2, 0.25) is 0 Å². The third-order valence-corrected chi connectivity index (χ3v) is 7.51. The highest BCUT2D eigenvalue weighted by atomic mass is 15.2. The molecule has 0 N–H and O–H groups in total. The Morgan fingerprint density at radius 2 is 1.35 bits per heavy atom. The van der Waals surface area contributed by atoms with Gasteiger partial charge in [-0.2, -0.15) is 0 Å². The predicted octanol–water partition coefficient (Wildman–Crippen LogP) is 8.37. The van der Waals surface area contributed by atoms with Crippen molar-refractivity contribution in [2.24, 2.45) is 0 Å². The molecule has 1 saturated carbocycles. The van der Waals surface area contributed by atoms with E-state index in [9.17, 15) is 0 Å². The summed E-state index contributed by atoms with van der Waals surface area (Å²) in [5, 5.41) is 0. The Hall–Kier alpha value is -2.54. The molecule has 0 atom stereocenters. The largest absolute Gasteiger partial charge is 0.339 e. The normalized spacial score (nSPS) is 16.6. The number of hydrogen-bond donors (Lipinski definition) is 0. The van der Waals surface area contributed by atoms with Crippen LogP contribution in [0.25, 0.3) is 11.1 Å². The maximum atomic E-state index is 2.51. The van der Waals surface area contributed by atoms with Crippen LogP contribution in [0.5, 0.6) is 0 Å². The fraction of sp³-hybridized carbons (Fsp3) is 0.400. The average Bonchev–Trinajstić information content (AvgIpc) is 3.33. The Bertz CT molecular complexity index is 1090. The highest BCUT2D eigenvalue weighted by molar-refractivity contribution is 5.84. The van der Waals surface area contributed by atoms with E-state index in [1.807, 2.05) is 0 Å². The molecule has 0 heterocycles. The lowest BCUT2D eigenvalue weighted by Gasteiger charge is -2.32. The van der Waals surface area contributed by atoms with E-state index in [1.54, 1.807) is 11.1 Å². The average molecular weight is 410 g/mol. The molecule has 3 aromatic rings. The first-order chi connectivity index (χ1) is 14.8. The van der Waals surface area contributed by atoms with Gasteiger partial charge in [-0.3, -0.25) is 0 Å².